The normalized spacial score (nSPS) is 10.2. The number of urea groups is 1. The van der Waals surface area contributed by atoms with Crippen molar-refractivity contribution in [1.29, 1.82) is 0 Å². The molecule has 3 rings (SSSR count). The van der Waals surface area contributed by atoms with Gasteiger partial charge in [0, 0.05) is 36.7 Å². The molecule has 0 unspecified atom stereocenters. The molecule has 158 valence electrons. The lowest BCUT2D eigenvalue weighted by molar-refractivity contribution is 0.0827. The highest BCUT2D eigenvalue weighted by Gasteiger charge is 2.14. The molecule has 31 heavy (non-hydrogen) atoms. The van der Waals surface area contributed by atoms with Gasteiger partial charge in [-0.1, -0.05) is 29.8 Å². The van der Waals surface area contributed by atoms with Gasteiger partial charge in [-0.05, 0) is 54.6 Å². The molecule has 0 heterocycles. The highest BCUT2D eigenvalue weighted by Crippen LogP contribution is 2.22. The molecule has 3 aromatic rings. The Bertz CT molecular complexity index is 1100. The van der Waals surface area contributed by atoms with Crippen molar-refractivity contribution >= 4 is 46.5 Å². The SMILES string of the molecule is CN(C)C(=O)c1cc(NC(=O)c2ccc(NC(=O)Nc3ccccc3)cc2)ccc1Cl. The number of amides is 4. The lowest BCUT2D eigenvalue weighted by Gasteiger charge is -2.13. The number of nitrogens with zero attached hydrogens (tertiary/aromatic N) is 1. The molecule has 0 fully saturated rings. The van der Waals surface area contributed by atoms with Crippen molar-refractivity contribution in [3.63, 3.8) is 0 Å². The lowest BCUT2D eigenvalue weighted by Crippen LogP contribution is -2.22. The van der Waals surface area contributed by atoms with E-state index in [4.69, 9.17) is 11.6 Å². The van der Waals surface area contributed by atoms with E-state index in [0.717, 1.165) is 0 Å². The predicted octanol–water partition coefficient (Wildman–Crippen LogP) is 4.94. The van der Waals surface area contributed by atoms with E-state index in [-0.39, 0.29) is 17.8 Å². The minimum atomic E-state index is -0.386. The molecule has 0 aliphatic rings. The smallest absolute Gasteiger partial charge is 0.323 e. The zero-order valence-electron chi connectivity index (χ0n) is 17.0. The van der Waals surface area contributed by atoms with E-state index in [2.05, 4.69) is 16.0 Å². The van der Waals surface area contributed by atoms with Crippen molar-refractivity contribution < 1.29 is 14.4 Å². The van der Waals surface area contributed by atoms with E-state index in [0.29, 0.717) is 33.2 Å². The summed E-state index contributed by atoms with van der Waals surface area (Å²) in [6, 6.07) is 19.8. The fourth-order valence-corrected chi connectivity index (χ4v) is 2.93. The Labute approximate surface area is 185 Å². The Morgan fingerprint density at radius 3 is 1.94 bits per heavy atom. The Hall–Kier alpha value is -3.84. The van der Waals surface area contributed by atoms with Crippen LogP contribution in [0.4, 0.5) is 21.9 Å². The number of benzene rings is 3. The molecule has 8 heteroatoms. The van der Waals surface area contributed by atoms with Gasteiger partial charge in [0.25, 0.3) is 11.8 Å². The van der Waals surface area contributed by atoms with Crippen LogP contribution in [0.15, 0.2) is 72.8 Å². The summed E-state index contributed by atoms with van der Waals surface area (Å²) in [6.07, 6.45) is 0. The Morgan fingerprint density at radius 1 is 0.742 bits per heavy atom. The lowest BCUT2D eigenvalue weighted by atomic mass is 10.1. The van der Waals surface area contributed by atoms with E-state index < -0.39 is 0 Å². The number of rotatable bonds is 5. The van der Waals surface area contributed by atoms with Gasteiger partial charge in [0.15, 0.2) is 0 Å². The molecule has 3 aromatic carbocycles. The number of para-hydroxylation sites is 1. The van der Waals surface area contributed by atoms with E-state index in [1.165, 1.54) is 11.0 Å². The Balaban J connectivity index is 1.63. The van der Waals surface area contributed by atoms with Crippen molar-refractivity contribution in [3.8, 4) is 0 Å². The fraction of sp³-hybridized carbons (Fsp3) is 0.0870. The van der Waals surface area contributed by atoms with Crippen LogP contribution < -0.4 is 16.0 Å². The zero-order valence-corrected chi connectivity index (χ0v) is 17.7. The topological polar surface area (TPSA) is 90.5 Å². The van der Waals surface area contributed by atoms with Crippen LogP contribution in [-0.2, 0) is 0 Å². The second-order valence-corrected chi connectivity index (χ2v) is 7.28. The molecule has 7 nitrogen and oxygen atoms in total. The maximum atomic E-state index is 12.5. The quantitative estimate of drug-likeness (QED) is 0.529. The summed E-state index contributed by atoms with van der Waals surface area (Å²) in [6.45, 7) is 0. The third-order valence-electron chi connectivity index (χ3n) is 4.30. The number of carbonyl (C=O) groups excluding carboxylic acids is 3. The first-order valence-electron chi connectivity index (χ1n) is 9.39. The van der Waals surface area contributed by atoms with Crippen molar-refractivity contribution in [2.24, 2.45) is 0 Å². The number of hydrogen-bond donors (Lipinski definition) is 3. The number of hydrogen-bond acceptors (Lipinski definition) is 3. The summed E-state index contributed by atoms with van der Waals surface area (Å²) < 4.78 is 0. The van der Waals surface area contributed by atoms with Crippen LogP contribution in [0.1, 0.15) is 20.7 Å². The number of anilines is 3. The number of carbonyl (C=O) groups is 3. The standard InChI is InChI=1S/C23H21ClN4O3/c1-28(2)22(30)19-14-18(12-13-20(19)24)25-21(29)15-8-10-17(11-9-15)27-23(31)26-16-6-4-3-5-7-16/h3-14H,1-2H3,(H,25,29)(H2,26,27,31). The van der Waals surface area contributed by atoms with Crippen molar-refractivity contribution in [2.75, 3.05) is 30.0 Å². The molecule has 0 bridgehead atoms. The summed E-state index contributed by atoms with van der Waals surface area (Å²) in [5.74, 6) is -0.615. The maximum absolute atomic E-state index is 12.5. The average molecular weight is 437 g/mol. The molecule has 0 atom stereocenters. The van der Waals surface area contributed by atoms with Gasteiger partial charge in [0.05, 0.1) is 10.6 Å². The van der Waals surface area contributed by atoms with Crippen molar-refractivity contribution in [2.45, 2.75) is 0 Å². The van der Waals surface area contributed by atoms with Gasteiger partial charge in [-0.15, -0.1) is 0 Å². The van der Waals surface area contributed by atoms with Gasteiger partial charge in [0.1, 0.15) is 0 Å². The average Bonchev–Trinajstić information content (AvgIpc) is 2.75. The summed E-state index contributed by atoms with van der Waals surface area (Å²) in [5.41, 5.74) is 2.35. The first-order chi connectivity index (χ1) is 14.8. The van der Waals surface area contributed by atoms with E-state index in [1.54, 1.807) is 62.6 Å². The second-order valence-electron chi connectivity index (χ2n) is 6.87. The molecular formula is C23H21ClN4O3. The van der Waals surface area contributed by atoms with Crippen molar-refractivity contribution in [1.82, 2.24) is 4.90 Å². The van der Waals surface area contributed by atoms with Gasteiger partial charge in [0.2, 0.25) is 0 Å². The van der Waals surface area contributed by atoms with Crippen LogP contribution in [0.5, 0.6) is 0 Å². The molecule has 0 saturated heterocycles. The first-order valence-corrected chi connectivity index (χ1v) is 9.77. The van der Waals surface area contributed by atoms with Gasteiger partial charge in [-0.2, -0.15) is 0 Å². The minimum Gasteiger partial charge on any atom is -0.345 e. The largest absolute Gasteiger partial charge is 0.345 e. The molecule has 0 saturated carbocycles. The summed E-state index contributed by atoms with van der Waals surface area (Å²) in [4.78, 5) is 38.2. The van der Waals surface area contributed by atoms with E-state index >= 15 is 0 Å². The number of halogens is 1. The van der Waals surface area contributed by atoms with Gasteiger partial charge >= 0.3 is 6.03 Å². The molecule has 0 spiro atoms. The molecule has 3 N–H and O–H groups in total. The van der Waals surface area contributed by atoms with Crippen LogP contribution in [0, 0.1) is 0 Å². The van der Waals surface area contributed by atoms with Crippen LogP contribution in [-0.4, -0.2) is 36.8 Å². The van der Waals surface area contributed by atoms with Gasteiger partial charge < -0.3 is 20.9 Å². The molecule has 0 aromatic heterocycles. The van der Waals surface area contributed by atoms with Crippen LogP contribution >= 0.6 is 11.6 Å². The molecular weight excluding hydrogens is 416 g/mol. The van der Waals surface area contributed by atoms with Gasteiger partial charge in [-0.25, -0.2) is 4.79 Å². The fourth-order valence-electron chi connectivity index (χ4n) is 2.73. The third-order valence-corrected chi connectivity index (χ3v) is 4.63. The molecule has 0 radical (unpaired) electrons. The van der Waals surface area contributed by atoms with Crippen LogP contribution in [0.2, 0.25) is 5.02 Å². The van der Waals surface area contributed by atoms with Crippen LogP contribution in [0.3, 0.4) is 0 Å². The van der Waals surface area contributed by atoms with Crippen molar-refractivity contribution in [3.05, 3.63) is 88.9 Å². The number of nitrogens with one attached hydrogen (secondary N) is 3. The van der Waals surface area contributed by atoms with E-state index in [9.17, 15) is 14.4 Å². The summed E-state index contributed by atoms with van der Waals surface area (Å²) >= 11 is 6.10. The van der Waals surface area contributed by atoms with Gasteiger partial charge in [-0.3, -0.25) is 9.59 Å². The molecule has 0 aliphatic heterocycles. The first kappa shape index (κ1) is 21.9. The summed E-state index contributed by atoms with van der Waals surface area (Å²) in [5, 5.41) is 8.47. The zero-order chi connectivity index (χ0) is 22.4. The molecule has 0 aliphatic carbocycles. The highest BCUT2D eigenvalue weighted by atomic mass is 35.5. The third kappa shape index (κ3) is 5.83. The maximum Gasteiger partial charge on any atom is 0.323 e. The van der Waals surface area contributed by atoms with E-state index in [1.807, 2.05) is 18.2 Å². The Kier molecular flexibility index (Phi) is 6.89. The van der Waals surface area contributed by atoms with Crippen LogP contribution in [0.25, 0.3) is 0 Å². The minimum absolute atomic E-state index is 0.259. The summed E-state index contributed by atoms with van der Waals surface area (Å²) in [7, 11) is 3.25. The molecule has 4 amide bonds. The Morgan fingerprint density at radius 2 is 1.32 bits per heavy atom. The monoisotopic (exact) mass is 436 g/mol. The second kappa shape index (κ2) is 9.77. The predicted molar refractivity (Wildman–Crippen MR) is 123 cm³/mol. The highest BCUT2D eigenvalue weighted by molar-refractivity contribution is 6.34.